The summed E-state index contributed by atoms with van der Waals surface area (Å²) in [4.78, 5) is 31.8. The average molecular weight is 515 g/mol. The van der Waals surface area contributed by atoms with Crippen LogP contribution in [0.25, 0.3) is 0 Å². The Morgan fingerprint density at radius 2 is 1.67 bits per heavy atom. The number of amides is 2. The summed E-state index contributed by atoms with van der Waals surface area (Å²) in [6.45, 7) is 2.77. The van der Waals surface area contributed by atoms with Crippen molar-refractivity contribution in [3.63, 3.8) is 0 Å². The molecule has 4 rings (SSSR count). The van der Waals surface area contributed by atoms with Crippen molar-refractivity contribution in [1.82, 2.24) is 9.88 Å². The van der Waals surface area contributed by atoms with Crippen LogP contribution in [-0.4, -0.2) is 53.8 Å². The Kier molecular flexibility index (Phi) is 7.84. The summed E-state index contributed by atoms with van der Waals surface area (Å²) in [6.07, 6.45) is 1.34. The monoisotopic (exact) mass is 514 g/mol. The smallest absolute Gasteiger partial charge is 0.252 e. The molecule has 1 aliphatic rings. The number of hydrogen-bond donors (Lipinski definition) is 3. The third-order valence-corrected chi connectivity index (χ3v) is 6.05. The largest absolute Gasteiger partial charge is 0.380 e. The van der Waals surface area contributed by atoms with Crippen molar-refractivity contribution < 1.29 is 18.4 Å². The van der Waals surface area contributed by atoms with Crippen LogP contribution in [0.1, 0.15) is 15.9 Å². The Morgan fingerprint density at radius 1 is 1.00 bits per heavy atom. The number of carbonyl (C=O) groups is 2. The van der Waals surface area contributed by atoms with Crippen LogP contribution in [0.3, 0.4) is 0 Å². The van der Waals surface area contributed by atoms with Gasteiger partial charge < -0.3 is 26.2 Å². The van der Waals surface area contributed by atoms with E-state index < -0.39 is 17.5 Å². The zero-order valence-electron chi connectivity index (χ0n) is 19.3. The van der Waals surface area contributed by atoms with E-state index in [0.29, 0.717) is 30.2 Å². The number of primary amides is 1. The minimum absolute atomic E-state index is 0.00455. The Labute approximate surface area is 212 Å². The van der Waals surface area contributed by atoms with E-state index in [4.69, 9.17) is 17.3 Å². The van der Waals surface area contributed by atoms with Gasteiger partial charge in [-0.3, -0.25) is 9.59 Å². The maximum absolute atomic E-state index is 13.5. The number of nitrogens with two attached hydrogens (primary N) is 1. The maximum atomic E-state index is 13.5. The van der Waals surface area contributed by atoms with Gasteiger partial charge in [0.25, 0.3) is 5.91 Å². The molecule has 0 radical (unpaired) electrons. The van der Waals surface area contributed by atoms with Gasteiger partial charge in [0.1, 0.15) is 23.3 Å². The van der Waals surface area contributed by atoms with E-state index in [0.717, 1.165) is 30.5 Å². The topological polar surface area (TPSA) is 104 Å². The predicted octanol–water partition coefficient (Wildman–Crippen LogP) is 3.70. The third kappa shape index (κ3) is 6.19. The van der Waals surface area contributed by atoms with Crippen molar-refractivity contribution >= 4 is 46.3 Å². The van der Waals surface area contributed by atoms with Crippen LogP contribution in [0.15, 0.2) is 54.7 Å². The van der Waals surface area contributed by atoms with Crippen molar-refractivity contribution in [2.24, 2.45) is 5.73 Å². The number of rotatable bonds is 8. The molecule has 8 nitrogen and oxygen atoms in total. The van der Waals surface area contributed by atoms with E-state index in [9.17, 15) is 18.4 Å². The van der Waals surface area contributed by atoms with Gasteiger partial charge >= 0.3 is 0 Å². The maximum Gasteiger partial charge on any atom is 0.252 e. The highest BCUT2D eigenvalue weighted by Crippen LogP contribution is 2.25. The normalized spacial score (nSPS) is 13.4. The second-order valence-corrected chi connectivity index (χ2v) is 8.55. The molecular weight excluding hydrogens is 490 g/mol. The lowest BCUT2D eigenvalue weighted by Gasteiger charge is -2.36. The zero-order chi connectivity index (χ0) is 25.7. The Hall–Kier alpha value is -3.92. The number of nitrogens with zero attached hydrogens (tertiary/aromatic N) is 3. The molecule has 3 aromatic rings. The number of anilines is 4. The molecule has 11 heteroatoms. The highest BCUT2D eigenvalue weighted by Gasteiger charge is 2.20. The summed E-state index contributed by atoms with van der Waals surface area (Å²) in [7, 11) is 0. The van der Waals surface area contributed by atoms with Crippen molar-refractivity contribution in [3.05, 3.63) is 77.5 Å². The zero-order valence-corrected chi connectivity index (χ0v) is 20.1. The molecule has 4 N–H and O–H groups in total. The minimum Gasteiger partial charge on any atom is -0.380 e. The van der Waals surface area contributed by atoms with E-state index >= 15 is 0 Å². The number of aromatic nitrogens is 1. The van der Waals surface area contributed by atoms with E-state index in [2.05, 4.69) is 20.5 Å². The number of hydrogen-bond acceptors (Lipinski definition) is 6. The van der Waals surface area contributed by atoms with E-state index in [1.807, 2.05) is 24.3 Å². The van der Waals surface area contributed by atoms with Crippen LogP contribution < -0.4 is 21.3 Å². The predicted molar refractivity (Wildman–Crippen MR) is 136 cm³/mol. The number of alkyl halides is 1. The summed E-state index contributed by atoms with van der Waals surface area (Å²) < 4.78 is 27.0. The van der Waals surface area contributed by atoms with Crippen molar-refractivity contribution in [3.8, 4) is 0 Å². The highest BCUT2D eigenvalue weighted by atomic mass is 35.5. The molecule has 0 spiro atoms. The number of nitrogens with one attached hydrogen (secondary N) is 2. The van der Waals surface area contributed by atoms with Gasteiger partial charge in [0.2, 0.25) is 5.91 Å². The molecule has 1 fully saturated rings. The number of piperazine rings is 1. The van der Waals surface area contributed by atoms with Crippen molar-refractivity contribution in [2.75, 3.05) is 47.6 Å². The molecule has 2 amide bonds. The van der Waals surface area contributed by atoms with E-state index in [1.54, 1.807) is 11.0 Å². The summed E-state index contributed by atoms with van der Waals surface area (Å²) in [5.41, 5.74) is 8.17. The third-order valence-electron chi connectivity index (χ3n) is 5.83. The van der Waals surface area contributed by atoms with Crippen LogP contribution in [0.2, 0.25) is 0 Å². The van der Waals surface area contributed by atoms with Crippen molar-refractivity contribution in [1.29, 1.82) is 0 Å². The van der Waals surface area contributed by atoms with Crippen LogP contribution in [0.4, 0.5) is 31.7 Å². The summed E-state index contributed by atoms with van der Waals surface area (Å²) >= 11 is 5.64. The lowest BCUT2D eigenvalue weighted by atomic mass is 10.1. The molecule has 0 saturated carbocycles. The van der Waals surface area contributed by atoms with Crippen LogP contribution >= 0.6 is 11.6 Å². The molecular formula is C25H25ClF2N6O2. The van der Waals surface area contributed by atoms with Gasteiger partial charge in [-0.1, -0.05) is 0 Å². The number of halogens is 3. The molecule has 0 atom stereocenters. The molecule has 0 bridgehead atoms. The van der Waals surface area contributed by atoms with Gasteiger partial charge in [0.05, 0.1) is 11.3 Å². The molecule has 1 saturated heterocycles. The first-order valence-corrected chi connectivity index (χ1v) is 11.8. The van der Waals surface area contributed by atoms with Crippen LogP contribution in [-0.2, 0) is 11.3 Å². The molecule has 36 heavy (non-hydrogen) atoms. The van der Waals surface area contributed by atoms with Crippen LogP contribution in [0, 0.1) is 11.6 Å². The fourth-order valence-electron chi connectivity index (χ4n) is 3.98. The molecule has 0 aliphatic carbocycles. The molecule has 0 unspecified atom stereocenters. The molecule has 1 aromatic heterocycles. The van der Waals surface area contributed by atoms with Gasteiger partial charge in [-0.2, -0.15) is 0 Å². The second kappa shape index (κ2) is 11.2. The SMILES string of the molecule is NC(=O)c1cnc(Nc2ccc(N3CCN(C(=O)CCl)CC3)cc2)cc1NCc1cc(F)cc(F)c1. The Morgan fingerprint density at radius 3 is 2.28 bits per heavy atom. The van der Waals surface area contributed by atoms with Gasteiger partial charge in [-0.15, -0.1) is 11.6 Å². The molecule has 2 aromatic carbocycles. The fourth-order valence-corrected chi connectivity index (χ4v) is 4.15. The van der Waals surface area contributed by atoms with E-state index in [-0.39, 0.29) is 23.9 Å². The molecule has 1 aliphatic heterocycles. The Bertz CT molecular complexity index is 1230. The lowest BCUT2D eigenvalue weighted by Crippen LogP contribution is -2.49. The summed E-state index contributed by atoms with van der Waals surface area (Å²) in [5, 5.41) is 6.18. The first-order chi connectivity index (χ1) is 17.3. The molecule has 188 valence electrons. The fraction of sp³-hybridized carbons (Fsp3) is 0.240. The van der Waals surface area contributed by atoms with Gasteiger partial charge in [-0.25, -0.2) is 13.8 Å². The van der Waals surface area contributed by atoms with E-state index in [1.165, 1.54) is 18.3 Å². The quantitative estimate of drug-likeness (QED) is 0.396. The Balaban J connectivity index is 1.42. The first-order valence-electron chi connectivity index (χ1n) is 11.3. The standard InChI is InChI=1S/C25H25ClF2N6O2/c26-13-24(35)34-7-5-33(6-8-34)20-3-1-19(2-4-20)32-23-12-22(21(15-31-23)25(29)36)30-14-16-9-17(27)11-18(28)10-16/h1-4,9-12,15H,5-8,13-14H2,(H2,29,36)(H2,30,31,32). The lowest BCUT2D eigenvalue weighted by molar-refractivity contribution is -0.128. The number of carbonyl (C=O) groups excluding carboxylic acids is 2. The first kappa shape index (κ1) is 25.2. The average Bonchev–Trinajstić information content (AvgIpc) is 2.87. The molecule has 2 heterocycles. The summed E-state index contributed by atoms with van der Waals surface area (Å²) in [5.74, 6) is -1.66. The minimum atomic E-state index is -0.687. The van der Waals surface area contributed by atoms with Crippen molar-refractivity contribution in [2.45, 2.75) is 6.54 Å². The second-order valence-electron chi connectivity index (χ2n) is 8.28. The van der Waals surface area contributed by atoms with Gasteiger partial charge in [0.15, 0.2) is 0 Å². The highest BCUT2D eigenvalue weighted by molar-refractivity contribution is 6.27. The number of benzene rings is 2. The summed E-state index contributed by atoms with van der Waals surface area (Å²) in [6, 6.07) is 12.6. The number of pyridine rings is 1. The van der Waals surface area contributed by atoms with Gasteiger partial charge in [0, 0.05) is 62.4 Å². The van der Waals surface area contributed by atoms with Gasteiger partial charge in [-0.05, 0) is 42.0 Å². The van der Waals surface area contributed by atoms with Crippen LogP contribution in [0.5, 0.6) is 0 Å².